The van der Waals surface area contributed by atoms with Crippen LogP contribution in [0.25, 0.3) is 16.8 Å². The van der Waals surface area contributed by atoms with E-state index in [0.29, 0.717) is 46.1 Å². The summed E-state index contributed by atoms with van der Waals surface area (Å²) in [5, 5.41) is 10.1. The molecule has 1 aliphatic heterocycles. The Labute approximate surface area is 206 Å². The Balaban J connectivity index is 1.35. The van der Waals surface area contributed by atoms with Gasteiger partial charge in [-0.05, 0) is 48.0 Å². The molecule has 7 nitrogen and oxygen atoms in total. The molecule has 4 aromatic rings. The number of hydrogen-bond acceptors (Lipinski definition) is 5. The van der Waals surface area contributed by atoms with E-state index in [1.54, 1.807) is 54.2 Å². The first-order chi connectivity index (χ1) is 17.3. The third-order valence-corrected chi connectivity index (χ3v) is 6.34. The Morgan fingerprint density at radius 2 is 1.83 bits per heavy atom. The minimum atomic E-state index is -2.63. The fourth-order valence-corrected chi connectivity index (χ4v) is 4.29. The maximum atomic E-state index is 15.0. The molecule has 5 rings (SSSR count). The number of rotatable bonds is 6. The minimum Gasteiger partial charge on any atom is -0.355 e. The second-order valence-corrected chi connectivity index (χ2v) is 8.85. The second kappa shape index (κ2) is 9.62. The molecular formula is C26H25F3N6O. The van der Waals surface area contributed by atoms with Crippen LogP contribution in [0.5, 0.6) is 0 Å². The summed E-state index contributed by atoms with van der Waals surface area (Å²) < 4.78 is 43.4. The van der Waals surface area contributed by atoms with Crippen molar-refractivity contribution in [3.8, 4) is 11.1 Å². The molecule has 0 spiro atoms. The summed E-state index contributed by atoms with van der Waals surface area (Å²) >= 11 is 0. The van der Waals surface area contributed by atoms with Gasteiger partial charge in [0, 0.05) is 68.1 Å². The second-order valence-electron chi connectivity index (χ2n) is 8.85. The zero-order valence-electron chi connectivity index (χ0n) is 19.6. The Bertz CT molecular complexity index is 1390. The zero-order valence-corrected chi connectivity index (χ0v) is 19.6. The van der Waals surface area contributed by atoms with Crippen LogP contribution in [0.15, 0.2) is 60.8 Å². The van der Waals surface area contributed by atoms with Crippen LogP contribution >= 0.6 is 0 Å². The number of nitrogens with one attached hydrogen (secondary N) is 2. The van der Waals surface area contributed by atoms with Gasteiger partial charge in [-0.15, -0.1) is 5.10 Å². The van der Waals surface area contributed by atoms with E-state index in [4.69, 9.17) is 0 Å². The summed E-state index contributed by atoms with van der Waals surface area (Å²) in [4.78, 5) is 18.2. The van der Waals surface area contributed by atoms with E-state index in [0.717, 1.165) is 0 Å². The molecule has 1 amide bonds. The molecule has 3 heterocycles. The molecule has 186 valence electrons. The molecule has 2 aromatic heterocycles. The van der Waals surface area contributed by atoms with Crippen LogP contribution < -0.4 is 10.6 Å². The molecule has 1 aliphatic rings. The van der Waals surface area contributed by atoms with Gasteiger partial charge in [0.15, 0.2) is 5.65 Å². The molecule has 2 N–H and O–H groups in total. The van der Waals surface area contributed by atoms with Gasteiger partial charge in [-0.25, -0.2) is 17.7 Å². The van der Waals surface area contributed by atoms with Gasteiger partial charge >= 0.3 is 0 Å². The molecule has 0 bridgehead atoms. The highest BCUT2D eigenvalue weighted by Gasteiger charge is 2.34. The highest BCUT2D eigenvalue weighted by molar-refractivity contribution is 5.94. The third-order valence-electron chi connectivity index (χ3n) is 6.34. The van der Waals surface area contributed by atoms with E-state index in [1.165, 1.54) is 6.07 Å². The summed E-state index contributed by atoms with van der Waals surface area (Å²) in [6, 6.07) is 15.5. The predicted molar refractivity (Wildman–Crippen MR) is 131 cm³/mol. The predicted octanol–water partition coefficient (Wildman–Crippen LogP) is 4.87. The molecule has 1 fully saturated rings. The van der Waals surface area contributed by atoms with Crippen LogP contribution in [0.4, 0.5) is 24.8 Å². The first-order valence-electron chi connectivity index (χ1n) is 11.6. The highest BCUT2D eigenvalue weighted by atomic mass is 19.3. The maximum absolute atomic E-state index is 15.0. The molecule has 10 heteroatoms. The van der Waals surface area contributed by atoms with Crippen LogP contribution in [0.3, 0.4) is 0 Å². The van der Waals surface area contributed by atoms with Crippen LogP contribution in [0.2, 0.25) is 0 Å². The zero-order chi connectivity index (χ0) is 25.3. The standard InChI is InChI=1S/C26H25F3N6O/c1-30-24(36)17-6-8-20(9-7-17)31-25-32-23-21(3-2-12-35(23)33-25)18-4-5-19(22(27)15-18)16-34-13-10-26(28,29)11-14-34/h2-9,12,15H,10-11,13-14,16H2,1H3,(H,30,36)(H,31,33). The quantitative estimate of drug-likeness (QED) is 0.400. The van der Waals surface area contributed by atoms with Crippen molar-refractivity contribution in [3.05, 3.63) is 77.7 Å². The number of alkyl halides is 2. The number of halogens is 3. The first kappa shape index (κ1) is 23.8. The lowest BCUT2D eigenvalue weighted by atomic mass is 10.0. The number of anilines is 2. The number of fused-ring (bicyclic) bond motifs is 1. The van der Waals surface area contributed by atoms with E-state index < -0.39 is 5.92 Å². The van der Waals surface area contributed by atoms with Crippen molar-refractivity contribution in [2.24, 2.45) is 0 Å². The lowest BCUT2D eigenvalue weighted by Gasteiger charge is -2.31. The number of amides is 1. The SMILES string of the molecule is CNC(=O)c1ccc(Nc2nc3c(-c4ccc(CN5CCC(F)(F)CC5)c(F)c4)cccn3n2)cc1. The van der Waals surface area contributed by atoms with Gasteiger partial charge in [-0.1, -0.05) is 12.1 Å². The fraction of sp³-hybridized carbons (Fsp3) is 0.269. The van der Waals surface area contributed by atoms with Gasteiger partial charge in [0.2, 0.25) is 5.95 Å². The topological polar surface area (TPSA) is 74.6 Å². The molecule has 36 heavy (non-hydrogen) atoms. The van der Waals surface area contributed by atoms with Gasteiger partial charge < -0.3 is 10.6 Å². The third kappa shape index (κ3) is 5.03. The van der Waals surface area contributed by atoms with Crippen molar-refractivity contribution in [1.29, 1.82) is 0 Å². The summed E-state index contributed by atoms with van der Waals surface area (Å²) in [7, 11) is 1.57. The number of carbonyl (C=O) groups is 1. The van der Waals surface area contributed by atoms with Crippen LogP contribution in [-0.2, 0) is 6.54 Å². The van der Waals surface area contributed by atoms with Crippen molar-refractivity contribution >= 4 is 23.2 Å². The Morgan fingerprint density at radius 3 is 2.53 bits per heavy atom. The summed E-state index contributed by atoms with van der Waals surface area (Å²) in [6.07, 6.45) is 1.36. The van der Waals surface area contributed by atoms with Gasteiger partial charge in [-0.3, -0.25) is 9.69 Å². The van der Waals surface area contributed by atoms with Crippen LogP contribution in [-0.4, -0.2) is 51.5 Å². The number of pyridine rings is 1. The molecule has 0 radical (unpaired) electrons. The van der Waals surface area contributed by atoms with Crippen LogP contribution in [0.1, 0.15) is 28.8 Å². The number of carbonyl (C=O) groups excluding carboxylic acids is 1. The molecule has 0 unspecified atom stereocenters. The van der Waals surface area contributed by atoms with E-state index in [1.807, 2.05) is 17.0 Å². The lowest BCUT2D eigenvalue weighted by molar-refractivity contribution is -0.0567. The Morgan fingerprint density at radius 1 is 1.08 bits per heavy atom. The minimum absolute atomic E-state index is 0.173. The number of benzene rings is 2. The van der Waals surface area contributed by atoms with E-state index in [2.05, 4.69) is 20.7 Å². The van der Waals surface area contributed by atoms with Crippen molar-refractivity contribution in [1.82, 2.24) is 24.8 Å². The summed E-state index contributed by atoms with van der Waals surface area (Å²) in [5.74, 6) is -2.83. The summed E-state index contributed by atoms with van der Waals surface area (Å²) in [6.45, 7) is 0.791. The van der Waals surface area contributed by atoms with E-state index in [-0.39, 0.29) is 37.7 Å². The van der Waals surface area contributed by atoms with Gasteiger partial charge in [0.05, 0.1) is 0 Å². The largest absolute Gasteiger partial charge is 0.355 e. The molecule has 0 aliphatic carbocycles. The van der Waals surface area contributed by atoms with Gasteiger partial charge in [0.25, 0.3) is 11.8 Å². The van der Waals surface area contributed by atoms with Crippen LogP contribution in [0, 0.1) is 5.82 Å². The average Bonchev–Trinajstić information content (AvgIpc) is 3.29. The maximum Gasteiger partial charge on any atom is 0.251 e. The number of aromatic nitrogens is 3. The van der Waals surface area contributed by atoms with Gasteiger partial charge in [0.1, 0.15) is 5.82 Å². The van der Waals surface area contributed by atoms with Gasteiger partial charge in [-0.2, -0.15) is 4.98 Å². The van der Waals surface area contributed by atoms with Crippen molar-refractivity contribution in [2.45, 2.75) is 25.3 Å². The Kier molecular flexibility index (Phi) is 6.36. The number of hydrogen-bond donors (Lipinski definition) is 2. The molecule has 1 saturated heterocycles. The molecule has 0 saturated carbocycles. The molecular weight excluding hydrogens is 469 g/mol. The van der Waals surface area contributed by atoms with E-state index in [9.17, 15) is 18.0 Å². The first-order valence-corrected chi connectivity index (χ1v) is 11.6. The number of likely N-dealkylation sites (tertiary alicyclic amines) is 1. The monoisotopic (exact) mass is 494 g/mol. The fourth-order valence-electron chi connectivity index (χ4n) is 4.29. The van der Waals surface area contributed by atoms with Crippen molar-refractivity contribution in [2.75, 3.05) is 25.5 Å². The van der Waals surface area contributed by atoms with Crippen molar-refractivity contribution < 1.29 is 18.0 Å². The highest BCUT2D eigenvalue weighted by Crippen LogP contribution is 2.30. The average molecular weight is 495 g/mol. The number of nitrogens with zero attached hydrogens (tertiary/aromatic N) is 4. The number of piperidine rings is 1. The normalized spacial score (nSPS) is 15.7. The Hall–Kier alpha value is -3.92. The summed E-state index contributed by atoms with van der Waals surface area (Å²) in [5.41, 5.74) is 3.62. The van der Waals surface area contributed by atoms with E-state index >= 15 is 0 Å². The van der Waals surface area contributed by atoms with Crippen molar-refractivity contribution in [3.63, 3.8) is 0 Å². The smallest absolute Gasteiger partial charge is 0.251 e. The lowest BCUT2D eigenvalue weighted by Crippen LogP contribution is -2.38. The molecule has 2 aromatic carbocycles. The molecule has 0 atom stereocenters.